The fraction of sp³-hybridized carbons (Fsp3) is 0.143. The molecule has 0 atom stereocenters. The third-order valence-electron chi connectivity index (χ3n) is 2.93. The topological polar surface area (TPSA) is 74.6 Å². The Morgan fingerprint density at radius 1 is 0.895 bits per heavy atom. The van der Waals surface area contributed by atoms with Crippen molar-refractivity contribution in [2.75, 3.05) is 0 Å². The van der Waals surface area contributed by atoms with Crippen molar-refractivity contribution >= 4 is 9.84 Å². The molecule has 2 aromatic carbocycles. The fourth-order valence-corrected chi connectivity index (χ4v) is 3.36. The molecule has 0 aliphatic rings. The van der Waals surface area contributed by atoms with Gasteiger partial charge in [0.25, 0.3) is 0 Å². The van der Waals surface area contributed by atoms with Gasteiger partial charge in [-0.1, -0.05) is 6.07 Å². The van der Waals surface area contributed by atoms with Crippen molar-refractivity contribution in [3.8, 4) is 11.5 Å². The van der Waals surface area contributed by atoms with Gasteiger partial charge in [0, 0.05) is 0 Å². The summed E-state index contributed by atoms with van der Waals surface area (Å²) in [6.07, 6.45) is 0. The summed E-state index contributed by atoms with van der Waals surface area (Å²) in [5.41, 5.74) is 1.20. The van der Waals surface area contributed by atoms with Gasteiger partial charge in [-0.2, -0.15) is 0 Å². The first-order valence-corrected chi connectivity index (χ1v) is 7.15. The highest BCUT2D eigenvalue weighted by molar-refractivity contribution is 7.91. The van der Waals surface area contributed by atoms with Gasteiger partial charge in [-0.3, -0.25) is 0 Å². The first-order chi connectivity index (χ1) is 8.82. The zero-order chi connectivity index (χ0) is 14.2. The van der Waals surface area contributed by atoms with Crippen LogP contribution in [0, 0.1) is 13.8 Å². The predicted octanol–water partition coefficient (Wildman–Crippen LogP) is 2.55. The van der Waals surface area contributed by atoms with Gasteiger partial charge in [-0.25, -0.2) is 8.42 Å². The highest BCUT2D eigenvalue weighted by atomic mass is 32.2. The molecule has 0 aromatic heterocycles. The van der Waals surface area contributed by atoms with Crippen molar-refractivity contribution in [3.05, 3.63) is 47.5 Å². The fourth-order valence-electron chi connectivity index (χ4n) is 1.86. The Morgan fingerprint density at radius 2 is 1.47 bits per heavy atom. The normalized spacial score (nSPS) is 11.5. The molecule has 5 heteroatoms. The standard InChI is InChI=1S/C14H14O4S/c1-9-7-10(2)14(8-13(9)16)19(17,18)12-5-3-11(15)4-6-12/h3-8,15-16H,1-2H3. The van der Waals surface area contributed by atoms with Gasteiger partial charge in [0.05, 0.1) is 9.79 Å². The summed E-state index contributed by atoms with van der Waals surface area (Å²) in [6, 6.07) is 8.18. The zero-order valence-electron chi connectivity index (χ0n) is 10.6. The summed E-state index contributed by atoms with van der Waals surface area (Å²) in [4.78, 5) is 0.151. The van der Waals surface area contributed by atoms with Crippen LogP contribution in [0.3, 0.4) is 0 Å². The summed E-state index contributed by atoms with van der Waals surface area (Å²) < 4.78 is 24.9. The average Bonchev–Trinajstić information content (AvgIpc) is 2.34. The van der Waals surface area contributed by atoms with Crippen LogP contribution in [0.2, 0.25) is 0 Å². The monoisotopic (exact) mass is 278 g/mol. The molecule has 19 heavy (non-hydrogen) atoms. The van der Waals surface area contributed by atoms with Crippen molar-refractivity contribution in [1.82, 2.24) is 0 Å². The van der Waals surface area contributed by atoms with Crippen molar-refractivity contribution in [2.24, 2.45) is 0 Å². The first kappa shape index (κ1) is 13.4. The molecule has 0 saturated heterocycles. The molecule has 2 aromatic rings. The number of hydrogen-bond acceptors (Lipinski definition) is 4. The van der Waals surface area contributed by atoms with Crippen LogP contribution in [0.15, 0.2) is 46.2 Å². The Kier molecular flexibility index (Phi) is 3.24. The lowest BCUT2D eigenvalue weighted by Crippen LogP contribution is -2.04. The number of hydrogen-bond donors (Lipinski definition) is 2. The van der Waals surface area contributed by atoms with E-state index >= 15 is 0 Å². The van der Waals surface area contributed by atoms with Crippen LogP contribution in [-0.2, 0) is 9.84 Å². The molecule has 0 spiro atoms. The summed E-state index contributed by atoms with van der Waals surface area (Å²) in [5, 5.41) is 18.9. The summed E-state index contributed by atoms with van der Waals surface area (Å²) in [5.74, 6) is -0.0506. The van der Waals surface area contributed by atoms with Gasteiger partial charge < -0.3 is 10.2 Å². The Labute approximate surface area is 111 Å². The minimum atomic E-state index is -3.70. The van der Waals surface area contributed by atoms with E-state index in [0.717, 1.165) is 0 Å². The molecule has 100 valence electrons. The summed E-state index contributed by atoms with van der Waals surface area (Å²) in [6.45, 7) is 3.39. The minimum absolute atomic E-state index is 0.00225. The molecular formula is C14H14O4S. The number of benzene rings is 2. The number of sulfone groups is 1. The second-order valence-corrected chi connectivity index (χ2v) is 6.32. The van der Waals surface area contributed by atoms with Crippen LogP contribution in [0.1, 0.15) is 11.1 Å². The predicted molar refractivity (Wildman–Crippen MR) is 71.1 cm³/mol. The van der Waals surface area contributed by atoms with Crippen LogP contribution in [-0.4, -0.2) is 18.6 Å². The van der Waals surface area contributed by atoms with Crippen molar-refractivity contribution in [3.63, 3.8) is 0 Å². The lowest BCUT2D eigenvalue weighted by atomic mass is 10.1. The largest absolute Gasteiger partial charge is 0.508 e. The molecule has 0 fully saturated rings. The van der Waals surface area contributed by atoms with E-state index in [1.54, 1.807) is 19.9 Å². The Hall–Kier alpha value is -2.01. The molecule has 0 saturated carbocycles. The van der Waals surface area contributed by atoms with Crippen molar-refractivity contribution in [2.45, 2.75) is 23.6 Å². The molecule has 0 aliphatic heterocycles. The number of phenols is 2. The van der Waals surface area contributed by atoms with E-state index < -0.39 is 9.84 Å². The molecule has 0 radical (unpaired) electrons. The molecule has 4 nitrogen and oxygen atoms in total. The van der Waals surface area contributed by atoms with E-state index in [-0.39, 0.29) is 21.3 Å². The minimum Gasteiger partial charge on any atom is -0.508 e. The SMILES string of the molecule is Cc1cc(C)c(S(=O)(=O)c2ccc(O)cc2)cc1O. The van der Waals surface area contributed by atoms with E-state index in [0.29, 0.717) is 11.1 Å². The van der Waals surface area contributed by atoms with E-state index in [9.17, 15) is 18.6 Å². The molecule has 0 unspecified atom stereocenters. The average molecular weight is 278 g/mol. The molecule has 0 amide bonds. The number of rotatable bonds is 2. The maximum absolute atomic E-state index is 12.4. The number of aromatic hydroxyl groups is 2. The van der Waals surface area contributed by atoms with Gasteiger partial charge in [-0.15, -0.1) is 0 Å². The Morgan fingerprint density at radius 3 is 2.05 bits per heavy atom. The Bertz CT molecular complexity index is 716. The Balaban J connectivity index is 2.63. The van der Waals surface area contributed by atoms with Crippen molar-refractivity contribution in [1.29, 1.82) is 0 Å². The third kappa shape index (κ3) is 2.42. The summed E-state index contributed by atoms with van der Waals surface area (Å²) in [7, 11) is -3.70. The molecule has 0 bridgehead atoms. The second-order valence-electron chi connectivity index (χ2n) is 4.40. The van der Waals surface area contributed by atoms with Gasteiger partial charge in [0.15, 0.2) is 0 Å². The lowest BCUT2D eigenvalue weighted by molar-refractivity contribution is 0.468. The van der Waals surface area contributed by atoms with Crippen LogP contribution in [0.5, 0.6) is 11.5 Å². The lowest BCUT2D eigenvalue weighted by Gasteiger charge is -2.10. The molecule has 2 rings (SSSR count). The number of aryl methyl sites for hydroxylation is 2. The van der Waals surface area contributed by atoms with Crippen LogP contribution in [0.25, 0.3) is 0 Å². The highest BCUT2D eigenvalue weighted by Gasteiger charge is 2.21. The van der Waals surface area contributed by atoms with Gasteiger partial charge in [0.2, 0.25) is 9.84 Å². The smallest absolute Gasteiger partial charge is 0.206 e. The van der Waals surface area contributed by atoms with E-state index in [2.05, 4.69) is 0 Å². The van der Waals surface area contributed by atoms with Crippen LogP contribution < -0.4 is 0 Å². The van der Waals surface area contributed by atoms with Gasteiger partial charge >= 0.3 is 0 Å². The van der Waals surface area contributed by atoms with E-state index in [1.807, 2.05) is 0 Å². The maximum atomic E-state index is 12.4. The second kappa shape index (κ2) is 4.59. The van der Waals surface area contributed by atoms with Gasteiger partial charge in [-0.05, 0) is 55.3 Å². The third-order valence-corrected chi connectivity index (χ3v) is 4.84. The van der Waals surface area contributed by atoms with Crippen LogP contribution >= 0.6 is 0 Å². The zero-order valence-corrected chi connectivity index (χ0v) is 11.4. The summed E-state index contributed by atoms with van der Waals surface area (Å²) >= 11 is 0. The van der Waals surface area contributed by atoms with Crippen LogP contribution in [0.4, 0.5) is 0 Å². The van der Waals surface area contributed by atoms with E-state index in [4.69, 9.17) is 0 Å². The maximum Gasteiger partial charge on any atom is 0.206 e. The molecule has 0 aliphatic carbocycles. The van der Waals surface area contributed by atoms with Crippen molar-refractivity contribution < 1.29 is 18.6 Å². The first-order valence-electron chi connectivity index (χ1n) is 5.66. The molecule has 2 N–H and O–H groups in total. The quantitative estimate of drug-likeness (QED) is 0.885. The van der Waals surface area contributed by atoms with E-state index in [1.165, 1.54) is 30.3 Å². The molecule has 0 heterocycles. The highest BCUT2D eigenvalue weighted by Crippen LogP contribution is 2.29. The van der Waals surface area contributed by atoms with Gasteiger partial charge in [0.1, 0.15) is 11.5 Å². The molecular weight excluding hydrogens is 264 g/mol. The number of phenolic OH excluding ortho intramolecular Hbond substituents is 2.